The van der Waals surface area contributed by atoms with Crippen LogP contribution in [0.25, 0.3) is 11.1 Å². The van der Waals surface area contributed by atoms with Crippen LogP contribution >= 0.6 is 0 Å². The quantitative estimate of drug-likeness (QED) is 0.165. The molecule has 0 heterocycles. The first-order valence-electron chi connectivity index (χ1n) is 14.0. The minimum Gasteiger partial charge on any atom is -0.508 e. The molecule has 0 saturated carbocycles. The molecule has 2 rings (SSSR count). The van der Waals surface area contributed by atoms with Gasteiger partial charge in [0.25, 0.3) is 0 Å². The number of aryl methyl sites for hydroxylation is 2. The molecule has 0 aromatic heterocycles. The standard InChI is InChI=1S/C31H49O3Si/c1-6-7-8-9-10-11-12-13-15-27-17-19-28(20-18-27)31-22-21-30(32)24-29(31)16-14-23-35(33-25(2)3)34-26(4)5/h17-22,24-26,32H,6-16,23H2,1-5H3. The van der Waals surface area contributed by atoms with Crippen LogP contribution in [0.3, 0.4) is 0 Å². The minimum absolute atomic E-state index is 0.184. The fourth-order valence-corrected chi connectivity index (χ4v) is 6.29. The second-order valence-electron chi connectivity index (χ2n) is 10.3. The third kappa shape index (κ3) is 12.3. The number of hydrogen-bond acceptors (Lipinski definition) is 3. The monoisotopic (exact) mass is 497 g/mol. The van der Waals surface area contributed by atoms with Gasteiger partial charge in [-0.05, 0) is 93.8 Å². The van der Waals surface area contributed by atoms with Gasteiger partial charge in [0, 0.05) is 12.2 Å². The molecule has 2 aromatic carbocycles. The van der Waals surface area contributed by atoms with Crippen molar-refractivity contribution in [3.63, 3.8) is 0 Å². The van der Waals surface area contributed by atoms with E-state index in [1.165, 1.54) is 73.6 Å². The van der Waals surface area contributed by atoms with Crippen molar-refractivity contribution in [2.24, 2.45) is 0 Å². The molecule has 0 amide bonds. The summed E-state index contributed by atoms with van der Waals surface area (Å²) >= 11 is 0. The second-order valence-corrected chi connectivity index (χ2v) is 12.0. The van der Waals surface area contributed by atoms with Gasteiger partial charge in [0.2, 0.25) is 0 Å². The van der Waals surface area contributed by atoms with Crippen LogP contribution < -0.4 is 0 Å². The summed E-state index contributed by atoms with van der Waals surface area (Å²) in [4.78, 5) is 0. The van der Waals surface area contributed by atoms with Crippen LogP contribution in [0.1, 0.15) is 104 Å². The van der Waals surface area contributed by atoms with Crippen LogP contribution in [-0.2, 0) is 21.7 Å². The topological polar surface area (TPSA) is 38.7 Å². The first-order valence-corrected chi connectivity index (χ1v) is 15.5. The zero-order valence-electron chi connectivity index (χ0n) is 22.9. The van der Waals surface area contributed by atoms with Crippen molar-refractivity contribution in [2.75, 3.05) is 0 Å². The Morgan fingerprint density at radius 3 is 1.91 bits per heavy atom. The van der Waals surface area contributed by atoms with Crippen LogP contribution in [0.2, 0.25) is 6.04 Å². The lowest BCUT2D eigenvalue weighted by Crippen LogP contribution is -2.29. The Hall–Kier alpha value is -1.62. The average molecular weight is 498 g/mol. The third-order valence-electron chi connectivity index (χ3n) is 6.23. The summed E-state index contributed by atoms with van der Waals surface area (Å²) in [6.07, 6.45) is 14.3. The molecule has 0 spiro atoms. The van der Waals surface area contributed by atoms with E-state index in [2.05, 4.69) is 65.0 Å². The molecule has 0 aliphatic heterocycles. The lowest BCUT2D eigenvalue weighted by molar-refractivity contribution is 0.129. The Labute approximate surface area is 217 Å². The van der Waals surface area contributed by atoms with Gasteiger partial charge in [-0.3, -0.25) is 0 Å². The number of aromatic hydroxyl groups is 1. The molecular weight excluding hydrogens is 448 g/mol. The highest BCUT2D eigenvalue weighted by atomic mass is 28.3. The number of unbranched alkanes of at least 4 members (excludes halogenated alkanes) is 7. The normalized spacial score (nSPS) is 11.8. The second kappa shape index (κ2) is 16.9. The molecule has 0 atom stereocenters. The van der Waals surface area contributed by atoms with Crippen LogP contribution in [-0.4, -0.2) is 26.6 Å². The van der Waals surface area contributed by atoms with Crippen molar-refractivity contribution in [3.05, 3.63) is 53.6 Å². The minimum atomic E-state index is -1.29. The lowest BCUT2D eigenvalue weighted by atomic mass is 9.95. The lowest BCUT2D eigenvalue weighted by Gasteiger charge is -2.20. The third-order valence-corrected chi connectivity index (χ3v) is 8.46. The molecule has 0 aliphatic carbocycles. The Morgan fingerprint density at radius 2 is 1.31 bits per heavy atom. The molecule has 0 unspecified atom stereocenters. The van der Waals surface area contributed by atoms with E-state index in [4.69, 9.17) is 8.85 Å². The molecule has 4 heteroatoms. The van der Waals surface area contributed by atoms with Crippen molar-refractivity contribution in [2.45, 2.75) is 123 Å². The van der Waals surface area contributed by atoms with Gasteiger partial charge in [-0.2, -0.15) is 0 Å². The van der Waals surface area contributed by atoms with E-state index in [0.29, 0.717) is 5.75 Å². The summed E-state index contributed by atoms with van der Waals surface area (Å²) in [6.45, 7) is 10.6. The molecule has 2 aromatic rings. The van der Waals surface area contributed by atoms with Crippen molar-refractivity contribution < 1.29 is 14.0 Å². The molecule has 0 aliphatic rings. The molecule has 1 N–H and O–H groups in total. The molecule has 35 heavy (non-hydrogen) atoms. The maximum Gasteiger partial charge on any atom is 0.385 e. The van der Waals surface area contributed by atoms with Crippen LogP contribution in [0.5, 0.6) is 5.75 Å². The van der Waals surface area contributed by atoms with Gasteiger partial charge in [-0.15, -0.1) is 0 Å². The summed E-state index contributed by atoms with van der Waals surface area (Å²) in [5.74, 6) is 0.331. The van der Waals surface area contributed by atoms with Crippen molar-refractivity contribution in [3.8, 4) is 16.9 Å². The Balaban J connectivity index is 1.89. The van der Waals surface area contributed by atoms with Crippen molar-refractivity contribution >= 4 is 9.28 Å². The fourth-order valence-electron chi connectivity index (χ4n) is 4.48. The summed E-state index contributed by atoms with van der Waals surface area (Å²) in [7, 11) is -1.29. The predicted molar refractivity (Wildman–Crippen MR) is 151 cm³/mol. The number of benzene rings is 2. The Kier molecular flexibility index (Phi) is 14.3. The molecule has 0 saturated heterocycles. The van der Waals surface area contributed by atoms with E-state index in [9.17, 15) is 5.11 Å². The van der Waals surface area contributed by atoms with E-state index < -0.39 is 9.28 Å². The molecule has 0 bridgehead atoms. The molecule has 3 nitrogen and oxygen atoms in total. The zero-order valence-corrected chi connectivity index (χ0v) is 23.9. The van der Waals surface area contributed by atoms with Gasteiger partial charge in [0.1, 0.15) is 5.75 Å². The summed E-state index contributed by atoms with van der Waals surface area (Å²) in [5.41, 5.74) is 5.05. The predicted octanol–water partition coefficient (Wildman–Crippen LogP) is 9.01. The summed E-state index contributed by atoms with van der Waals surface area (Å²) < 4.78 is 12.1. The number of hydrogen-bond donors (Lipinski definition) is 1. The van der Waals surface area contributed by atoms with Gasteiger partial charge < -0.3 is 14.0 Å². The zero-order chi connectivity index (χ0) is 25.5. The highest BCUT2D eigenvalue weighted by Gasteiger charge is 2.19. The van der Waals surface area contributed by atoms with E-state index in [0.717, 1.165) is 25.3 Å². The highest BCUT2D eigenvalue weighted by Crippen LogP contribution is 2.29. The first-order chi connectivity index (χ1) is 16.9. The summed E-state index contributed by atoms with van der Waals surface area (Å²) in [6, 6.07) is 15.8. The van der Waals surface area contributed by atoms with Gasteiger partial charge in [0.05, 0.1) is 0 Å². The summed E-state index contributed by atoms with van der Waals surface area (Å²) in [5, 5.41) is 10.1. The van der Waals surface area contributed by atoms with Crippen molar-refractivity contribution in [1.82, 2.24) is 0 Å². The molecule has 195 valence electrons. The SMILES string of the molecule is CCCCCCCCCCc1ccc(-c2ccc(O)cc2CCC[Si](OC(C)C)OC(C)C)cc1. The van der Waals surface area contributed by atoms with Crippen LogP contribution in [0, 0.1) is 0 Å². The van der Waals surface area contributed by atoms with E-state index in [1.807, 2.05) is 6.07 Å². The Morgan fingerprint density at radius 1 is 0.714 bits per heavy atom. The van der Waals surface area contributed by atoms with Gasteiger partial charge in [-0.1, -0.05) is 82.2 Å². The Bertz CT molecular complexity index is 806. The van der Waals surface area contributed by atoms with Gasteiger partial charge in [0.15, 0.2) is 0 Å². The van der Waals surface area contributed by atoms with E-state index in [-0.39, 0.29) is 12.2 Å². The number of phenols is 1. The first kappa shape index (κ1) is 29.6. The van der Waals surface area contributed by atoms with E-state index in [1.54, 1.807) is 6.07 Å². The van der Waals surface area contributed by atoms with Gasteiger partial charge >= 0.3 is 9.28 Å². The number of rotatable bonds is 18. The molecular formula is C31H49O3Si. The van der Waals surface area contributed by atoms with Crippen LogP contribution in [0.4, 0.5) is 0 Å². The van der Waals surface area contributed by atoms with Crippen LogP contribution in [0.15, 0.2) is 42.5 Å². The fraction of sp³-hybridized carbons (Fsp3) is 0.613. The largest absolute Gasteiger partial charge is 0.508 e. The number of phenolic OH excluding ortho intramolecular Hbond substituents is 1. The maximum atomic E-state index is 10.1. The highest BCUT2D eigenvalue weighted by molar-refractivity contribution is 6.44. The maximum absolute atomic E-state index is 10.1. The van der Waals surface area contributed by atoms with Gasteiger partial charge in [-0.25, -0.2) is 0 Å². The average Bonchev–Trinajstić information content (AvgIpc) is 2.80. The molecule has 0 fully saturated rings. The van der Waals surface area contributed by atoms with Crippen molar-refractivity contribution in [1.29, 1.82) is 0 Å². The molecule has 1 radical (unpaired) electrons. The van der Waals surface area contributed by atoms with E-state index >= 15 is 0 Å². The smallest absolute Gasteiger partial charge is 0.385 e.